The highest BCUT2D eigenvalue weighted by atomic mass is 32.1. The van der Waals surface area contributed by atoms with E-state index in [9.17, 15) is 14.0 Å². The Kier molecular flexibility index (Phi) is 8.07. The van der Waals surface area contributed by atoms with E-state index in [1.165, 1.54) is 17.4 Å². The van der Waals surface area contributed by atoms with Crippen LogP contribution in [0.15, 0.2) is 54.9 Å². The van der Waals surface area contributed by atoms with Crippen LogP contribution >= 0.6 is 11.3 Å². The fourth-order valence-corrected chi connectivity index (χ4v) is 6.41. The predicted molar refractivity (Wildman–Crippen MR) is 157 cm³/mol. The Morgan fingerprint density at radius 1 is 1.02 bits per heavy atom. The zero-order chi connectivity index (χ0) is 28.3. The summed E-state index contributed by atoms with van der Waals surface area (Å²) in [6, 6.07) is 12.9. The number of Topliss-reactive ketones (excluding diaryl/α,β-unsaturated/α-hetero) is 1. The number of nitrogens with one attached hydrogen (secondary N) is 1. The van der Waals surface area contributed by atoms with Crippen molar-refractivity contribution in [3.63, 3.8) is 0 Å². The molecular formula is C32H33FN4O3S. The Morgan fingerprint density at radius 3 is 2.54 bits per heavy atom. The first-order chi connectivity index (χ1) is 19.9. The molecule has 41 heavy (non-hydrogen) atoms. The number of halogens is 1. The molecule has 0 unspecified atom stereocenters. The van der Waals surface area contributed by atoms with Crippen LogP contribution in [-0.4, -0.2) is 45.7 Å². The molecule has 1 amide bonds. The van der Waals surface area contributed by atoms with Gasteiger partial charge in [-0.2, -0.15) is 0 Å². The average Bonchev–Trinajstić information content (AvgIpc) is 3.65. The van der Waals surface area contributed by atoms with Crippen LogP contribution in [0, 0.1) is 11.7 Å². The molecular weight excluding hydrogens is 539 g/mol. The molecule has 1 aromatic carbocycles. The van der Waals surface area contributed by atoms with Crippen LogP contribution in [0.4, 0.5) is 4.39 Å². The molecule has 7 nitrogen and oxygen atoms in total. The maximum Gasteiger partial charge on any atom is 0.217 e. The van der Waals surface area contributed by atoms with Crippen molar-refractivity contribution < 1.29 is 18.7 Å². The number of thiophene rings is 1. The van der Waals surface area contributed by atoms with Gasteiger partial charge in [-0.25, -0.2) is 4.39 Å². The first-order valence-electron chi connectivity index (χ1n) is 14.2. The maximum absolute atomic E-state index is 14.9. The van der Waals surface area contributed by atoms with Crippen molar-refractivity contribution in [3.8, 4) is 22.1 Å². The first-order valence-corrected chi connectivity index (χ1v) is 15.0. The maximum atomic E-state index is 14.9. The van der Waals surface area contributed by atoms with Gasteiger partial charge in [0.05, 0.1) is 20.8 Å². The molecule has 9 heteroatoms. The molecule has 0 spiro atoms. The number of carbonyl (C=O) groups excluding carboxylic acids is 2. The molecule has 3 aromatic heterocycles. The largest absolute Gasteiger partial charge is 0.453 e. The van der Waals surface area contributed by atoms with Gasteiger partial charge >= 0.3 is 0 Å². The summed E-state index contributed by atoms with van der Waals surface area (Å²) in [4.78, 5) is 36.0. The van der Waals surface area contributed by atoms with E-state index < -0.39 is 5.82 Å². The number of rotatable bonds is 10. The minimum Gasteiger partial charge on any atom is -0.453 e. The monoisotopic (exact) mass is 572 g/mol. The molecule has 1 aliphatic heterocycles. The number of nitrogens with zero attached hydrogens (tertiary/aromatic N) is 3. The third-order valence-corrected chi connectivity index (χ3v) is 8.85. The second-order valence-corrected chi connectivity index (χ2v) is 12.2. The van der Waals surface area contributed by atoms with Gasteiger partial charge in [-0.15, -0.1) is 11.3 Å². The van der Waals surface area contributed by atoms with E-state index in [1.54, 1.807) is 31.3 Å². The van der Waals surface area contributed by atoms with Gasteiger partial charge in [0.25, 0.3) is 0 Å². The fourth-order valence-electron chi connectivity index (χ4n) is 5.37. The third-order valence-electron chi connectivity index (χ3n) is 7.68. The number of carbonyl (C=O) groups is 2. The molecule has 0 radical (unpaired) electrons. The molecule has 4 aromatic rings. The highest BCUT2D eigenvalue weighted by Crippen LogP contribution is 2.39. The normalized spacial score (nSPS) is 16.1. The number of benzene rings is 1. The molecule has 2 aliphatic rings. The second-order valence-electron chi connectivity index (χ2n) is 11.2. The summed E-state index contributed by atoms with van der Waals surface area (Å²) >= 11 is 1.51. The molecule has 0 atom stereocenters. The zero-order valence-corrected chi connectivity index (χ0v) is 23.9. The standard InChI is InChI=1S/C32H33FN4O3S/c1-20(38)36-24-9-12-37(13-10-24)19-23-4-6-27(35-18-23)31-17-28-32(41-31)30(8-11-34-28)40-29-7-5-22(16-26(29)33)15-25(39)14-21-2-3-21/h4-8,11,16-18,21,24H,2-3,9-10,12-15,19H2,1H3,(H,36,38). The van der Waals surface area contributed by atoms with E-state index in [1.807, 2.05) is 18.3 Å². The van der Waals surface area contributed by atoms with Gasteiger partial charge in [-0.05, 0) is 67.0 Å². The van der Waals surface area contributed by atoms with Gasteiger partial charge < -0.3 is 10.1 Å². The molecule has 4 heterocycles. The smallest absolute Gasteiger partial charge is 0.217 e. The van der Waals surface area contributed by atoms with E-state index in [0.717, 1.165) is 71.7 Å². The van der Waals surface area contributed by atoms with Crippen LogP contribution in [0.5, 0.6) is 11.5 Å². The molecule has 212 valence electrons. The summed E-state index contributed by atoms with van der Waals surface area (Å²) in [5.41, 5.74) is 3.42. The van der Waals surface area contributed by atoms with Crippen molar-refractivity contribution in [2.45, 2.75) is 58.0 Å². The highest BCUT2D eigenvalue weighted by molar-refractivity contribution is 7.22. The Labute approximate surface area is 242 Å². The number of pyridine rings is 2. The number of aromatic nitrogens is 2. The highest BCUT2D eigenvalue weighted by Gasteiger charge is 2.24. The topological polar surface area (TPSA) is 84.4 Å². The summed E-state index contributed by atoms with van der Waals surface area (Å²) in [7, 11) is 0. The number of ether oxygens (including phenoxy) is 1. The Bertz CT molecular complexity index is 1560. The van der Waals surface area contributed by atoms with E-state index in [-0.39, 0.29) is 29.9 Å². The fraction of sp³-hybridized carbons (Fsp3) is 0.375. The third kappa shape index (κ3) is 6.97. The molecule has 0 bridgehead atoms. The molecule has 2 fully saturated rings. The summed E-state index contributed by atoms with van der Waals surface area (Å²) in [5.74, 6) is 0.885. The Morgan fingerprint density at radius 2 is 1.83 bits per heavy atom. The van der Waals surface area contributed by atoms with Crippen LogP contribution in [0.3, 0.4) is 0 Å². The van der Waals surface area contributed by atoms with Gasteiger partial charge in [0.15, 0.2) is 11.6 Å². The van der Waals surface area contributed by atoms with Crippen molar-refractivity contribution in [3.05, 3.63) is 71.8 Å². The quantitative estimate of drug-likeness (QED) is 0.240. The molecule has 6 rings (SSSR count). The lowest BCUT2D eigenvalue weighted by Crippen LogP contribution is -2.43. The average molecular weight is 573 g/mol. The van der Waals surface area contributed by atoms with Gasteiger partial charge in [0.2, 0.25) is 5.91 Å². The van der Waals surface area contributed by atoms with Gasteiger partial charge in [-0.3, -0.25) is 24.5 Å². The van der Waals surface area contributed by atoms with E-state index in [0.29, 0.717) is 23.7 Å². The van der Waals surface area contributed by atoms with Crippen LogP contribution in [0.1, 0.15) is 50.2 Å². The zero-order valence-electron chi connectivity index (χ0n) is 23.1. The summed E-state index contributed by atoms with van der Waals surface area (Å²) < 4.78 is 21.7. The summed E-state index contributed by atoms with van der Waals surface area (Å²) in [5, 5.41) is 3.02. The van der Waals surface area contributed by atoms with E-state index in [2.05, 4.69) is 21.3 Å². The van der Waals surface area contributed by atoms with Gasteiger partial charge in [0.1, 0.15) is 11.5 Å². The first kappa shape index (κ1) is 27.5. The van der Waals surface area contributed by atoms with E-state index >= 15 is 0 Å². The minimum atomic E-state index is -0.486. The van der Waals surface area contributed by atoms with Crippen LogP contribution in [0.25, 0.3) is 20.8 Å². The number of likely N-dealkylation sites (tertiary alicyclic amines) is 1. The molecule has 1 N–H and O–H groups in total. The number of amides is 1. The predicted octanol–water partition coefficient (Wildman–Crippen LogP) is 6.30. The lowest BCUT2D eigenvalue weighted by atomic mass is 10.0. The lowest BCUT2D eigenvalue weighted by molar-refractivity contribution is -0.120. The van der Waals surface area contributed by atoms with Crippen molar-refractivity contribution in [1.82, 2.24) is 20.2 Å². The van der Waals surface area contributed by atoms with Gasteiger partial charge in [0, 0.05) is 63.9 Å². The van der Waals surface area contributed by atoms with E-state index in [4.69, 9.17) is 9.72 Å². The molecule has 1 saturated carbocycles. The Balaban J connectivity index is 1.11. The molecule has 1 aliphatic carbocycles. The van der Waals surface area contributed by atoms with Gasteiger partial charge in [-0.1, -0.05) is 12.1 Å². The number of hydrogen-bond donors (Lipinski definition) is 1. The van der Waals surface area contributed by atoms with Crippen molar-refractivity contribution in [1.29, 1.82) is 0 Å². The summed E-state index contributed by atoms with van der Waals surface area (Å²) in [6.07, 6.45) is 8.58. The van der Waals surface area contributed by atoms with Crippen molar-refractivity contribution >= 4 is 33.2 Å². The second kappa shape index (κ2) is 12.0. The minimum absolute atomic E-state index is 0.0348. The Hall–Kier alpha value is -3.69. The van der Waals surface area contributed by atoms with Crippen molar-refractivity contribution in [2.24, 2.45) is 5.92 Å². The number of piperidine rings is 1. The SMILES string of the molecule is CC(=O)NC1CCN(Cc2ccc(-c3cc4nccc(Oc5ccc(CC(=O)CC6CC6)cc5F)c4s3)nc2)CC1. The van der Waals surface area contributed by atoms with Crippen LogP contribution in [-0.2, 0) is 22.6 Å². The molecule has 1 saturated heterocycles. The van der Waals surface area contributed by atoms with Crippen LogP contribution in [0.2, 0.25) is 0 Å². The van der Waals surface area contributed by atoms with Crippen LogP contribution < -0.4 is 10.1 Å². The number of ketones is 1. The number of fused-ring (bicyclic) bond motifs is 1. The lowest BCUT2D eigenvalue weighted by Gasteiger charge is -2.32. The van der Waals surface area contributed by atoms with Crippen molar-refractivity contribution in [2.75, 3.05) is 13.1 Å². The summed E-state index contributed by atoms with van der Waals surface area (Å²) in [6.45, 7) is 4.28. The number of hydrogen-bond acceptors (Lipinski definition) is 7.